The van der Waals surface area contributed by atoms with E-state index in [1.54, 1.807) is 0 Å². The third-order valence-corrected chi connectivity index (χ3v) is 1.56. The van der Waals surface area contributed by atoms with E-state index in [1.807, 2.05) is 0 Å². The van der Waals surface area contributed by atoms with Crippen LogP contribution in [0, 0.1) is 11.3 Å². The Balaban J connectivity index is 3.69. The van der Waals surface area contributed by atoms with Crippen LogP contribution in [0.15, 0.2) is 4.99 Å². The maximum Gasteiger partial charge on any atom is 0.0585 e. The predicted octanol–water partition coefficient (Wildman–Crippen LogP) is 3.16. The summed E-state index contributed by atoms with van der Waals surface area (Å²) in [6, 6.07) is 0. The number of nitrogens with zero attached hydrogens (tertiary/aromatic N) is 1. The van der Waals surface area contributed by atoms with Gasteiger partial charge < -0.3 is 0 Å². The lowest BCUT2D eigenvalue weighted by molar-refractivity contribution is 0.312. The third-order valence-electron chi connectivity index (χ3n) is 1.43. The molecule has 0 heterocycles. The molecule has 0 amide bonds. The Bertz CT molecular complexity index is 151. The Hall–Kier alpha value is -0.200. The Morgan fingerprint density at radius 1 is 1.45 bits per heavy atom. The van der Waals surface area contributed by atoms with Gasteiger partial charge in [-0.05, 0) is 30.0 Å². The van der Waals surface area contributed by atoms with E-state index in [-0.39, 0.29) is 0 Å². The maximum atomic E-state index is 4.50. The monoisotopic (exact) mass is 171 g/mol. The second-order valence-electron chi connectivity index (χ2n) is 4.30. The Labute approximate surface area is 74.9 Å². The van der Waals surface area contributed by atoms with Crippen molar-refractivity contribution in [2.75, 3.05) is 6.54 Å². The molecule has 2 heteroatoms. The fourth-order valence-corrected chi connectivity index (χ4v) is 1.38. The highest BCUT2D eigenvalue weighted by atomic mass is 32.1. The summed E-state index contributed by atoms with van der Waals surface area (Å²) in [6.45, 7) is 9.74. The van der Waals surface area contributed by atoms with Gasteiger partial charge in [-0.15, -0.1) is 0 Å². The van der Waals surface area contributed by atoms with E-state index in [0.29, 0.717) is 11.3 Å². The van der Waals surface area contributed by atoms with E-state index in [4.69, 9.17) is 0 Å². The second-order valence-corrected chi connectivity index (χ2v) is 4.48. The molecule has 0 bridgehead atoms. The van der Waals surface area contributed by atoms with Crippen molar-refractivity contribution in [2.45, 2.75) is 34.1 Å². The fraction of sp³-hybridized carbons (Fsp3) is 0.889. The third kappa shape index (κ3) is 7.70. The minimum absolute atomic E-state index is 0.399. The first-order valence-electron chi connectivity index (χ1n) is 3.99. The summed E-state index contributed by atoms with van der Waals surface area (Å²) < 4.78 is 0. The first-order chi connectivity index (χ1) is 4.95. The quantitative estimate of drug-likeness (QED) is 0.469. The van der Waals surface area contributed by atoms with E-state index in [0.717, 1.165) is 6.54 Å². The van der Waals surface area contributed by atoms with Crippen molar-refractivity contribution in [3.05, 3.63) is 0 Å². The molecule has 0 aliphatic heterocycles. The van der Waals surface area contributed by atoms with Crippen LogP contribution in [-0.4, -0.2) is 11.7 Å². The van der Waals surface area contributed by atoms with Crippen LogP contribution in [0.4, 0.5) is 0 Å². The van der Waals surface area contributed by atoms with E-state index >= 15 is 0 Å². The summed E-state index contributed by atoms with van der Waals surface area (Å²) in [5.41, 5.74) is 0.399. The Kier molecular flexibility index (Phi) is 4.55. The van der Waals surface area contributed by atoms with Gasteiger partial charge >= 0.3 is 0 Å². The lowest BCUT2D eigenvalue weighted by atomic mass is 9.85. The van der Waals surface area contributed by atoms with E-state index in [9.17, 15) is 0 Å². The summed E-state index contributed by atoms with van der Waals surface area (Å²) in [7, 11) is 0. The van der Waals surface area contributed by atoms with Crippen LogP contribution in [0.1, 0.15) is 34.1 Å². The number of rotatable bonds is 3. The lowest BCUT2D eigenvalue weighted by Gasteiger charge is -2.21. The molecule has 64 valence electrons. The number of aliphatic imine (C=N–C) groups is 1. The zero-order valence-corrected chi connectivity index (χ0v) is 8.66. The maximum absolute atomic E-state index is 4.50. The number of hydrogen-bond donors (Lipinski definition) is 0. The smallest absolute Gasteiger partial charge is 0.0585 e. The molecule has 1 nitrogen and oxygen atoms in total. The highest BCUT2D eigenvalue weighted by Crippen LogP contribution is 2.23. The van der Waals surface area contributed by atoms with Crippen LogP contribution in [0.3, 0.4) is 0 Å². The molecule has 0 aromatic heterocycles. The van der Waals surface area contributed by atoms with Crippen molar-refractivity contribution in [1.82, 2.24) is 0 Å². The summed E-state index contributed by atoms with van der Waals surface area (Å²) in [5, 5.41) is 2.39. The van der Waals surface area contributed by atoms with Crippen molar-refractivity contribution >= 4 is 17.4 Å². The van der Waals surface area contributed by atoms with E-state index in [2.05, 4.69) is 50.1 Å². The van der Waals surface area contributed by atoms with E-state index < -0.39 is 0 Å². The Morgan fingerprint density at radius 3 is 2.36 bits per heavy atom. The minimum Gasteiger partial charge on any atom is -0.232 e. The molecule has 0 aromatic rings. The molecule has 0 spiro atoms. The van der Waals surface area contributed by atoms with Gasteiger partial charge in [0.1, 0.15) is 0 Å². The first kappa shape index (κ1) is 10.8. The van der Waals surface area contributed by atoms with Gasteiger partial charge in [0.2, 0.25) is 0 Å². The van der Waals surface area contributed by atoms with Gasteiger partial charge in [-0.25, -0.2) is 4.99 Å². The molecular weight excluding hydrogens is 154 g/mol. The molecule has 0 radical (unpaired) electrons. The summed E-state index contributed by atoms with van der Waals surface area (Å²) in [5.74, 6) is 0.616. The van der Waals surface area contributed by atoms with Gasteiger partial charge in [0.15, 0.2) is 0 Å². The lowest BCUT2D eigenvalue weighted by Crippen LogP contribution is -2.12. The largest absolute Gasteiger partial charge is 0.232 e. The molecule has 0 aliphatic rings. The standard InChI is InChI=1S/C9H17NS/c1-8(6-10-7-11)5-9(2,3)4/h8H,5-6H2,1-4H3. The van der Waals surface area contributed by atoms with Crippen molar-refractivity contribution in [3.63, 3.8) is 0 Å². The van der Waals surface area contributed by atoms with Crippen LogP contribution in [-0.2, 0) is 0 Å². The van der Waals surface area contributed by atoms with Crippen LogP contribution < -0.4 is 0 Å². The summed E-state index contributed by atoms with van der Waals surface area (Å²) >= 11 is 4.50. The fourth-order valence-electron chi connectivity index (χ4n) is 1.30. The molecule has 1 unspecified atom stereocenters. The average molecular weight is 171 g/mol. The van der Waals surface area contributed by atoms with Gasteiger partial charge in [0.05, 0.1) is 11.7 Å². The number of isothiocyanates is 1. The zero-order valence-electron chi connectivity index (χ0n) is 7.85. The molecule has 0 aromatic carbocycles. The molecule has 0 aliphatic carbocycles. The van der Waals surface area contributed by atoms with Crippen LogP contribution in [0.25, 0.3) is 0 Å². The van der Waals surface area contributed by atoms with Crippen LogP contribution >= 0.6 is 12.2 Å². The van der Waals surface area contributed by atoms with Crippen molar-refractivity contribution in [3.8, 4) is 0 Å². The van der Waals surface area contributed by atoms with Gasteiger partial charge in [-0.2, -0.15) is 0 Å². The van der Waals surface area contributed by atoms with Crippen LogP contribution in [0.5, 0.6) is 0 Å². The van der Waals surface area contributed by atoms with Crippen molar-refractivity contribution < 1.29 is 0 Å². The first-order valence-corrected chi connectivity index (χ1v) is 4.40. The minimum atomic E-state index is 0.399. The van der Waals surface area contributed by atoms with Gasteiger partial charge in [-0.1, -0.05) is 27.7 Å². The second kappa shape index (κ2) is 4.63. The average Bonchev–Trinajstić information content (AvgIpc) is 1.79. The predicted molar refractivity (Wildman–Crippen MR) is 53.1 cm³/mol. The van der Waals surface area contributed by atoms with E-state index in [1.165, 1.54) is 6.42 Å². The molecule has 11 heavy (non-hydrogen) atoms. The van der Waals surface area contributed by atoms with Crippen molar-refractivity contribution in [2.24, 2.45) is 16.3 Å². The molecule has 0 saturated carbocycles. The molecule has 0 saturated heterocycles. The topological polar surface area (TPSA) is 12.4 Å². The SMILES string of the molecule is CC(CN=C=S)CC(C)(C)C. The summed E-state index contributed by atoms with van der Waals surface area (Å²) in [6.07, 6.45) is 1.19. The highest BCUT2D eigenvalue weighted by Gasteiger charge is 2.14. The molecule has 0 rings (SSSR count). The van der Waals surface area contributed by atoms with Gasteiger partial charge in [0, 0.05) is 0 Å². The molecule has 0 fully saturated rings. The Morgan fingerprint density at radius 2 is 2.00 bits per heavy atom. The molecular formula is C9H17NS. The molecule has 1 atom stereocenters. The number of thiocarbonyl (C=S) groups is 1. The molecule has 0 N–H and O–H groups in total. The normalized spacial score (nSPS) is 13.8. The van der Waals surface area contributed by atoms with Crippen LogP contribution in [0.2, 0.25) is 0 Å². The zero-order chi connectivity index (χ0) is 8.91. The highest BCUT2D eigenvalue weighted by molar-refractivity contribution is 7.78. The van der Waals surface area contributed by atoms with Gasteiger partial charge in [-0.3, -0.25) is 0 Å². The summed E-state index contributed by atoms with van der Waals surface area (Å²) in [4.78, 5) is 3.92. The van der Waals surface area contributed by atoms with Gasteiger partial charge in [0.25, 0.3) is 0 Å². The number of hydrogen-bond acceptors (Lipinski definition) is 2. The van der Waals surface area contributed by atoms with Crippen molar-refractivity contribution in [1.29, 1.82) is 0 Å².